The number of aryl methyl sites for hydroxylation is 1. The van der Waals surface area contributed by atoms with Gasteiger partial charge in [-0.05, 0) is 48.4 Å². The molecule has 1 rings (SSSR count). The summed E-state index contributed by atoms with van der Waals surface area (Å²) in [5.74, 6) is 0.437. The maximum absolute atomic E-state index is 9.95. The molecule has 0 saturated heterocycles. The van der Waals surface area contributed by atoms with Crippen molar-refractivity contribution < 1.29 is 5.11 Å². The van der Waals surface area contributed by atoms with E-state index in [1.54, 1.807) is 0 Å². The highest BCUT2D eigenvalue weighted by Crippen LogP contribution is 2.34. The normalized spacial score (nSPS) is 11.8. The van der Waals surface area contributed by atoms with E-state index in [1.807, 2.05) is 13.0 Å². The largest absolute Gasteiger partial charge is 0.508 e. The van der Waals surface area contributed by atoms with Crippen LogP contribution in [0.2, 0.25) is 0 Å². The predicted octanol–water partition coefficient (Wildman–Crippen LogP) is 5.26. The maximum atomic E-state index is 9.95. The standard InChI is InChI=1S/C17H28O/c1-6-7-8-9-10-17(4,5)15-11-13(2)14(3)16(18)12-15/h11-12,18H,6-10H2,1-5H3. The second-order valence-electron chi connectivity index (χ2n) is 6.13. The summed E-state index contributed by atoms with van der Waals surface area (Å²) in [6.07, 6.45) is 6.39. The van der Waals surface area contributed by atoms with Crippen molar-refractivity contribution in [3.8, 4) is 5.75 Å². The van der Waals surface area contributed by atoms with Gasteiger partial charge in [0.2, 0.25) is 0 Å². The van der Waals surface area contributed by atoms with E-state index in [2.05, 4.69) is 33.8 Å². The molecule has 0 aliphatic carbocycles. The van der Waals surface area contributed by atoms with Crippen molar-refractivity contribution in [1.82, 2.24) is 0 Å². The fourth-order valence-electron chi connectivity index (χ4n) is 2.37. The molecule has 0 unspecified atom stereocenters. The first kappa shape index (κ1) is 15.1. The number of rotatable bonds is 6. The summed E-state index contributed by atoms with van der Waals surface area (Å²) >= 11 is 0. The monoisotopic (exact) mass is 248 g/mol. The van der Waals surface area contributed by atoms with Crippen molar-refractivity contribution in [3.63, 3.8) is 0 Å². The Balaban J connectivity index is 2.78. The number of hydrogen-bond donors (Lipinski definition) is 1. The van der Waals surface area contributed by atoms with Crippen molar-refractivity contribution in [2.45, 2.75) is 72.1 Å². The zero-order chi connectivity index (χ0) is 13.8. The fraction of sp³-hybridized carbons (Fsp3) is 0.647. The van der Waals surface area contributed by atoms with Gasteiger partial charge in [0.1, 0.15) is 5.75 Å². The lowest BCUT2D eigenvalue weighted by Crippen LogP contribution is -2.17. The Labute approximate surface area is 112 Å². The van der Waals surface area contributed by atoms with Crippen LogP contribution < -0.4 is 0 Å². The predicted molar refractivity (Wildman–Crippen MR) is 79.4 cm³/mol. The van der Waals surface area contributed by atoms with Crippen LogP contribution in [-0.2, 0) is 5.41 Å². The van der Waals surface area contributed by atoms with Gasteiger partial charge < -0.3 is 5.11 Å². The lowest BCUT2D eigenvalue weighted by molar-refractivity contribution is 0.436. The van der Waals surface area contributed by atoms with Crippen LogP contribution in [-0.4, -0.2) is 5.11 Å². The molecular weight excluding hydrogens is 220 g/mol. The third kappa shape index (κ3) is 3.76. The Hall–Kier alpha value is -0.980. The molecule has 1 nitrogen and oxygen atoms in total. The van der Waals surface area contributed by atoms with Gasteiger partial charge in [0.25, 0.3) is 0 Å². The molecular formula is C17H28O. The average molecular weight is 248 g/mol. The first-order valence-electron chi connectivity index (χ1n) is 7.19. The number of hydrogen-bond acceptors (Lipinski definition) is 1. The summed E-state index contributed by atoms with van der Waals surface area (Å²) in [7, 11) is 0. The minimum absolute atomic E-state index is 0.156. The summed E-state index contributed by atoms with van der Waals surface area (Å²) in [6, 6.07) is 4.18. The van der Waals surface area contributed by atoms with E-state index in [-0.39, 0.29) is 5.41 Å². The Kier molecular flexibility index (Phi) is 5.25. The Morgan fingerprint density at radius 1 is 1.06 bits per heavy atom. The van der Waals surface area contributed by atoms with Crippen LogP contribution in [0.3, 0.4) is 0 Å². The SMILES string of the molecule is CCCCCCC(C)(C)c1cc(C)c(C)c(O)c1. The molecule has 0 aromatic heterocycles. The zero-order valence-corrected chi connectivity index (χ0v) is 12.6. The van der Waals surface area contributed by atoms with Crippen molar-refractivity contribution in [2.24, 2.45) is 0 Å². The highest BCUT2D eigenvalue weighted by molar-refractivity contribution is 5.43. The molecule has 102 valence electrons. The molecule has 1 heteroatoms. The smallest absolute Gasteiger partial charge is 0.119 e. The molecule has 0 spiro atoms. The lowest BCUT2D eigenvalue weighted by atomic mass is 9.79. The minimum atomic E-state index is 0.156. The third-order valence-corrected chi connectivity index (χ3v) is 4.08. The van der Waals surface area contributed by atoms with E-state index in [4.69, 9.17) is 0 Å². The number of phenolic OH excluding ortho intramolecular Hbond substituents is 1. The number of benzene rings is 1. The minimum Gasteiger partial charge on any atom is -0.508 e. The molecule has 1 N–H and O–H groups in total. The summed E-state index contributed by atoms with van der Waals surface area (Å²) < 4.78 is 0. The topological polar surface area (TPSA) is 20.2 Å². The molecule has 0 fully saturated rings. The molecule has 0 amide bonds. The van der Waals surface area contributed by atoms with Gasteiger partial charge in [0, 0.05) is 0 Å². The van der Waals surface area contributed by atoms with Crippen molar-refractivity contribution in [1.29, 1.82) is 0 Å². The van der Waals surface area contributed by atoms with E-state index < -0.39 is 0 Å². The van der Waals surface area contributed by atoms with Crippen LogP contribution >= 0.6 is 0 Å². The number of aromatic hydroxyl groups is 1. The highest BCUT2D eigenvalue weighted by Gasteiger charge is 2.21. The van der Waals surface area contributed by atoms with Crippen molar-refractivity contribution in [2.75, 3.05) is 0 Å². The van der Waals surface area contributed by atoms with Crippen LogP contribution in [0.15, 0.2) is 12.1 Å². The number of phenols is 1. The van der Waals surface area contributed by atoms with Crippen LogP contribution in [0.1, 0.15) is 69.6 Å². The molecule has 18 heavy (non-hydrogen) atoms. The summed E-state index contributed by atoms with van der Waals surface area (Å²) in [5.41, 5.74) is 3.61. The van der Waals surface area contributed by atoms with Crippen LogP contribution in [0.5, 0.6) is 5.75 Å². The average Bonchev–Trinajstić information content (AvgIpc) is 2.31. The molecule has 0 saturated carbocycles. The van der Waals surface area contributed by atoms with E-state index >= 15 is 0 Å². The first-order valence-corrected chi connectivity index (χ1v) is 7.19. The summed E-state index contributed by atoms with van der Waals surface area (Å²) in [4.78, 5) is 0. The quantitative estimate of drug-likeness (QED) is 0.681. The van der Waals surface area contributed by atoms with E-state index in [0.717, 1.165) is 5.56 Å². The van der Waals surface area contributed by atoms with Gasteiger partial charge >= 0.3 is 0 Å². The van der Waals surface area contributed by atoms with Crippen molar-refractivity contribution >= 4 is 0 Å². The van der Waals surface area contributed by atoms with Crippen molar-refractivity contribution in [3.05, 3.63) is 28.8 Å². The van der Waals surface area contributed by atoms with Crippen LogP contribution in [0.25, 0.3) is 0 Å². The van der Waals surface area contributed by atoms with Gasteiger partial charge in [-0.2, -0.15) is 0 Å². The molecule has 0 bridgehead atoms. The molecule has 1 aromatic rings. The molecule has 0 heterocycles. The maximum Gasteiger partial charge on any atom is 0.119 e. The second kappa shape index (κ2) is 6.26. The molecule has 0 aliphatic heterocycles. The summed E-state index contributed by atoms with van der Waals surface area (Å²) in [5, 5.41) is 9.95. The first-order chi connectivity index (χ1) is 8.38. The van der Waals surface area contributed by atoms with E-state index in [9.17, 15) is 5.11 Å². The summed E-state index contributed by atoms with van der Waals surface area (Å²) in [6.45, 7) is 10.9. The van der Waals surface area contributed by atoms with Gasteiger partial charge in [-0.1, -0.05) is 52.5 Å². The molecule has 0 aliphatic rings. The fourth-order valence-corrected chi connectivity index (χ4v) is 2.37. The Morgan fingerprint density at radius 2 is 1.72 bits per heavy atom. The van der Waals surface area contributed by atoms with Gasteiger partial charge in [-0.3, -0.25) is 0 Å². The Morgan fingerprint density at radius 3 is 2.28 bits per heavy atom. The molecule has 0 radical (unpaired) electrons. The van der Waals surface area contributed by atoms with E-state index in [1.165, 1.54) is 43.2 Å². The van der Waals surface area contributed by atoms with Gasteiger partial charge in [-0.15, -0.1) is 0 Å². The Bertz CT molecular complexity index is 368. The number of unbranched alkanes of at least 4 members (excludes halogenated alkanes) is 3. The van der Waals surface area contributed by atoms with Gasteiger partial charge in [0.05, 0.1) is 0 Å². The zero-order valence-electron chi connectivity index (χ0n) is 12.6. The lowest BCUT2D eigenvalue weighted by Gasteiger charge is -2.26. The molecule has 1 aromatic carbocycles. The highest BCUT2D eigenvalue weighted by atomic mass is 16.3. The van der Waals surface area contributed by atoms with E-state index in [0.29, 0.717) is 5.75 Å². The van der Waals surface area contributed by atoms with Crippen LogP contribution in [0, 0.1) is 13.8 Å². The van der Waals surface area contributed by atoms with Gasteiger partial charge in [0.15, 0.2) is 0 Å². The second-order valence-corrected chi connectivity index (χ2v) is 6.13. The third-order valence-electron chi connectivity index (χ3n) is 4.08. The molecule has 0 atom stereocenters. The van der Waals surface area contributed by atoms with Crippen LogP contribution in [0.4, 0.5) is 0 Å². The van der Waals surface area contributed by atoms with Gasteiger partial charge in [-0.25, -0.2) is 0 Å².